The van der Waals surface area contributed by atoms with Gasteiger partial charge in [0.1, 0.15) is 12.4 Å². The number of imidazole rings is 1. The quantitative estimate of drug-likeness (QED) is 0.324. The molecule has 0 saturated carbocycles. The van der Waals surface area contributed by atoms with Crippen molar-refractivity contribution in [3.63, 3.8) is 0 Å². The molecule has 0 amide bonds. The van der Waals surface area contributed by atoms with E-state index in [2.05, 4.69) is 55.6 Å². The normalized spacial score (nSPS) is 11.8. The SMILES string of the molecule is CC(C)COCCCCCn1cc[n+](CCCCCOCC(C)C)c1. The minimum absolute atomic E-state index is 0.642. The number of rotatable bonds is 16. The minimum atomic E-state index is 0.642. The Hall–Kier alpha value is -0.870. The molecule has 0 aliphatic heterocycles. The lowest BCUT2D eigenvalue weighted by Gasteiger charge is -2.06. The van der Waals surface area contributed by atoms with Crippen LogP contribution in [0, 0.1) is 11.8 Å². The first-order valence-electron chi connectivity index (χ1n) is 10.3. The number of hydrogen-bond acceptors (Lipinski definition) is 2. The molecule has 25 heavy (non-hydrogen) atoms. The number of ether oxygens (including phenoxy) is 2. The molecule has 0 aliphatic rings. The van der Waals surface area contributed by atoms with Gasteiger partial charge in [0.2, 0.25) is 6.33 Å². The van der Waals surface area contributed by atoms with E-state index in [0.29, 0.717) is 11.8 Å². The van der Waals surface area contributed by atoms with Crippen LogP contribution in [0.5, 0.6) is 0 Å². The number of hydrogen-bond donors (Lipinski definition) is 0. The van der Waals surface area contributed by atoms with E-state index in [1.165, 1.54) is 38.5 Å². The molecule has 146 valence electrons. The van der Waals surface area contributed by atoms with E-state index < -0.39 is 0 Å². The molecule has 4 heteroatoms. The summed E-state index contributed by atoms with van der Waals surface area (Å²) in [5, 5.41) is 0. The van der Waals surface area contributed by atoms with Gasteiger partial charge in [0.15, 0.2) is 0 Å². The zero-order chi connectivity index (χ0) is 18.3. The smallest absolute Gasteiger partial charge is 0.243 e. The van der Waals surface area contributed by atoms with Crippen LogP contribution in [0.2, 0.25) is 0 Å². The zero-order valence-electron chi connectivity index (χ0n) is 17.1. The Labute approximate surface area is 155 Å². The Morgan fingerprint density at radius 2 is 1.40 bits per heavy atom. The second-order valence-electron chi connectivity index (χ2n) is 7.95. The molecule has 0 N–H and O–H groups in total. The fraction of sp³-hybridized carbons (Fsp3) is 0.857. The predicted molar refractivity (Wildman–Crippen MR) is 104 cm³/mol. The second kappa shape index (κ2) is 14.3. The summed E-state index contributed by atoms with van der Waals surface area (Å²) in [6.45, 7) is 14.6. The van der Waals surface area contributed by atoms with E-state index in [1.807, 2.05) is 0 Å². The molecule has 1 rings (SSSR count). The summed E-state index contributed by atoms with van der Waals surface area (Å²) in [6.07, 6.45) is 13.9. The third-order valence-corrected chi connectivity index (χ3v) is 4.06. The lowest BCUT2D eigenvalue weighted by atomic mass is 10.2. The van der Waals surface area contributed by atoms with E-state index in [0.717, 1.165) is 39.5 Å². The van der Waals surface area contributed by atoms with Crippen molar-refractivity contribution in [2.24, 2.45) is 11.8 Å². The maximum atomic E-state index is 5.62. The summed E-state index contributed by atoms with van der Waals surface area (Å²) in [5.41, 5.74) is 0. The molecule has 0 atom stereocenters. The molecule has 0 aromatic carbocycles. The highest BCUT2D eigenvalue weighted by molar-refractivity contribution is 4.66. The van der Waals surface area contributed by atoms with E-state index in [-0.39, 0.29) is 0 Å². The van der Waals surface area contributed by atoms with Crippen molar-refractivity contribution in [1.29, 1.82) is 0 Å². The minimum Gasteiger partial charge on any atom is -0.381 e. The molecule has 1 aromatic rings. The fourth-order valence-electron chi connectivity index (χ4n) is 2.69. The van der Waals surface area contributed by atoms with Crippen molar-refractivity contribution in [3.05, 3.63) is 18.7 Å². The van der Waals surface area contributed by atoms with Gasteiger partial charge in [-0.05, 0) is 50.4 Å². The lowest BCUT2D eigenvalue weighted by Crippen LogP contribution is -2.30. The molecule has 0 radical (unpaired) electrons. The Bertz CT molecular complexity index is 379. The maximum absolute atomic E-state index is 5.62. The molecular weight excluding hydrogens is 312 g/mol. The van der Waals surface area contributed by atoms with Crippen LogP contribution in [0.25, 0.3) is 0 Å². The fourth-order valence-corrected chi connectivity index (χ4v) is 2.69. The summed E-state index contributed by atoms with van der Waals surface area (Å²) in [5.74, 6) is 1.28. The Morgan fingerprint density at radius 1 is 0.800 bits per heavy atom. The van der Waals surface area contributed by atoms with Gasteiger partial charge < -0.3 is 9.47 Å². The topological polar surface area (TPSA) is 27.3 Å². The van der Waals surface area contributed by atoms with Crippen LogP contribution in [-0.2, 0) is 22.6 Å². The van der Waals surface area contributed by atoms with Gasteiger partial charge in [0.05, 0.1) is 13.1 Å². The summed E-state index contributed by atoms with van der Waals surface area (Å²) >= 11 is 0. The third-order valence-electron chi connectivity index (χ3n) is 4.06. The second-order valence-corrected chi connectivity index (χ2v) is 7.95. The largest absolute Gasteiger partial charge is 0.381 e. The van der Waals surface area contributed by atoms with E-state index in [4.69, 9.17) is 9.47 Å². The highest BCUT2D eigenvalue weighted by atomic mass is 16.5. The van der Waals surface area contributed by atoms with Gasteiger partial charge in [-0.15, -0.1) is 0 Å². The Kier molecular flexibility index (Phi) is 12.7. The van der Waals surface area contributed by atoms with E-state index >= 15 is 0 Å². The standard InChI is InChI=1S/C21H41N2O2/c1-20(2)17-24-15-9-5-7-11-22-13-14-23(19-22)12-8-6-10-16-25-18-21(3)4/h13-14,19-21H,5-12,15-18H2,1-4H3/q+1. The first kappa shape index (κ1) is 22.2. The molecule has 0 aliphatic carbocycles. The zero-order valence-corrected chi connectivity index (χ0v) is 17.1. The van der Waals surface area contributed by atoms with Crippen LogP contribution in [0.15, 0.2) is 18.7 Å². The average Bonchev–Trinajstić information content (AvgIpc) is 3.00. The molecular formula is C21H41N2O2+. The highest BCUT2D eigenvalue weighted by Crippen LogP contribution is 2.02. The summed E-state index contributed by atoms with van der Waals surface area (Å²) in [6, 6.07) is 0. The van der Waals surface area contributed by atoms with Crippen LogP contribution >= 0.6 is 0 Å². The summed E-state index contributed by atoms with van der Waals surface area (Å²) in [4.78, 5) is 0. The number of unbranched alkanes of at least 4 members (excludes halogenated alkanes) is 4. The molecule has 0 saturated heterocycles. The molecule has 1 heterocycles. The maximum Gasteiger partial charge on any atom is 0.243 e. The summed E-state index contributed by atoms with van der Waals surface area (Å²) in [7, 11) is 0. The lowest BCUT2D eigenvalue weighted by molar-refractivity contribution is -0.696. The van der Waals surface area contributed by atoms with Crippen LogP contribution in [0.1, 0.15) is 66.2 Å². The van der Waals surface area contributed by atoms with Crippen molar-refractivity contribution >= 4 is 0 Å². The molecule has 0 fully saturated rings. The van der Waals surface area contributed by atoms with Crippen LogP contribution in [0.4, 0.5) is 0 Å². The molecule has 0 spiro atoms. The molecule has 0 unspecified atom stereocenters. The van der Waals surface area contributed by atoms with Gasteiger partial charge >= 0.3 is 0 Å². The monoisotopic (exact) mass is 353 g/mol. The van der Waals surface area contributed by atoms with Crippen molar-refractivity contribution in [2.75, 3.05) is 26.4 Å². The van der Waals surface area contributed by atoms with Gasteiger partial charge in [-0.25, -0.2) is 9.13 Å². The highest BCUT2D eigenvalue weighted by Gasteiger charge is 2.03. The molecule has 4 nitrogen and oxygen atoms in total. The average molecular weight is 354 g/mol. The number of nitrogens with zero attached hydrogens (tertiary/aromatic N) is 2. The predicted octanol–water partition coefficient (Wildman–Crippen LogP) is 4.46. The third kappa shape index (κ3) is 13.1. The van der Waals surface area contributed by atoms with E-state index in [9.17, 15) is 0 Å². The van der Waals surface area contributed by atoms with Gasteiger partial charge in [0, 0.05) is 26.4 Å². The molecule has 1 aromatic heterocycles. The van der Waals surface area contributed by atoms with Crippen molar-refractivity contribution in [1.82, 2.24) is 4.57 Å². The van der Waals surface area contributed by atoms with Gasteiger partial charge in [-0.2, -0.15) is 0 Å². The Balaban J connectivity index is 1.97. The van der Waals surface area contributed by atoms with Crippen molar-refractivity contribution in [2.45, 2.75) is 79.3 Å². The first-order chi connectivity index (χ1) is 12.1. The van der Waals surface area contributed by atoms with Crippen LogP contribution in [0.3, 0.4) is 0 Å². The van der Waals surface area contributed by atoms with E-state index in [1.54, 1.807) is 0 Å². The first-order valence-corrected chi connectivity index (χ1v) is 10.3. The number of aromatic nitrogens is 2. The molecule has 0 bridgehead atoms. The van der Waals surface area contributed by atoms with Crippen LogP contribution in [-0.4, -0.2) is 31.0 Å². The number of aryl methyl sites for hydroxylation is 2. The van der Waals surface area contributed by atoms with Crippen LogP contribution < -0.4 is 4.57 Å². The van der Waals surface area contributed by atoms with Gasteiger partial charge in [-0.1, -0.05) is 27.7 Å². The Morgan fingerprint density at radius 3 is 2.00 bits per heavy atom. The van der Waals surface area contributed by atoms with Gasteiger partial charge in [0.25, 0.3) is 0 Å². The van der Waals surface area contributed by atoms with Crippen molar-refractivity contribution < 1.29 is 14.0 Å². The van der Waals surface area contributed by atoms with Crippen molar-refractivity contribution in [3.8, 4) is 0 Å². The van der Waals surface area contributed by atoms with Gasteiger partial charge in [-0.3, -0.25) is 0 Å². The summed E-state index contributed by atoms with van der Waals surface area (Å²) < 4.78 is 15.9.